The Labute approximate surface area is 171 Å². The van der Waals surface area contributed by atoms with E-state index in [0.717, 1.165) is 6.07 Å². The molecule has 1 aliphatic rings. The zero-order valence-electron chi connectivity index (χ0n) is 15.9. The number of anilines is 1. The summed E-state index contributed by atoms with van der Waals surface area (Å²) < 4.78 is 41.6. The van der Waals surface area contributed by atoms with Crippen molar-refractivity contribution in [2.24, 2.45) is 0 Å². The van der Waals surface area contributed by atoms with Crippen molar-refractivity contribution in [1.29, 1.82) is 0 Å². The molecule has 0 bridgehead atoms. The van der Waals surface area contributed by atoms with Crippen LogP contribution in [-0.2, 0) is 29.2 Å². The molecule has 0 saturated carbocycles. The highest BCUT2D eigenvalue weighted by atomic mass is 32.2. The van der Waals surface area contributed by atoms with Gasteiger partial charge in [0.05, 0.1) is 24.7 Å². The van der Waals surface area contributed by atoms with Crippen molar-refractivity contribution in [3.8, 4) is 5.75 Å². The highest BCUT2D eigenvalue weighted by Gasteiger charge is 2.27. The lowest BCUT2D eigenvalue weighted by atomic mass is 10.1. The van der Waals surface area contributed by atoms with Crippen LogP contribution in [0.15, 0.2) is 70.9 Å². The van der Waals surface area contributed by atoms with E-state index in [9.17, 15) is 27.7 Å². The first-order chi connectivity index (χ1) is 14.2. The van der Waals surface area contributed by atoms with E-state index < -0.39 is 32.7 Å². The molecule has 2 N–H and O–H groups in total. The van der Waals surface area contributed by atoms with Gasteiger partial charge in [0.25, 0.3) is 10.1 Å². The summed E-state index contributed by atoms with van der Waals surface area (Å²) in [5.41, 5.74) is 0.224. The third kappa shape index (κ3) is 3.91. The fourth-order valence-electron chi connectivity index (χ4n) is 2.96. The molecule has 30 heavy (non-hydrogen) atoms. The maximum Gasteiger partial charge on any atom is 0.355 e. The largest absolute Gasteiger partial charge is 0.507 e. The molecule has 2 aromatic rings. The Kier molecular flexibility index (Phi) is 5.63. The number of rotatable bonds is 4. The summed E-state index contributed by atoms with van der Waals surface area (Å²) in [6.07, 6.45) is 6.06. The molecule has 0 aliphatic carbocycles. The maximum atomic E-state index is 12.5. The van der Waals surface area contributed by atoms with Crippen LogP contribution >= 0.6 is 0 Å². The third-order valence-corrected chi connectivity index (χ3v) is 5.19. The molecule has 0 spiro atoms. The molecule has 0 fully saturated rings. The summed E-state index contributed by atoms with van der Waals surface area (Å²) in [6.45, 7) is 0. The van der Waals surface area contributed by atoms with E-state index in [1.54, 1.807) is 18.2 Å². The molecule has 0 unspecified atom stereocenters. The van der Waals surface area contributed by atoms with Crippen LogP contribution < -0.4 is 4.90 Å². The van der Waals surface area contributed by atoms with Gasteiger partial charge in [-0.1, -0.05) is 12.1 Å². The monoisotopic (exact) mass is 431 g/mol. The summed E-state index contributed by atoms with van der Waals surface area (Å²) in [4.78, 5) is 25.6. The van der Waals surface area contributed by atoms with E-state index in [1.807, 2.05) is 0 Å². The molecule has 0 saturated heterocycles. The first kappa shape index (κ1) is 21.1. The van der Waals surface area contributed by atoms with Gasteiger partial charge < -0.3 is 19.5 Å². The molecule has 156 valence electrons. The number of ether oxygens (including phenoxy) is 2. The Bertz CT molecular complexity index is 1240. The van der Waals surface area contributed by atoms with Crippen molar-refractivity contribution in [1.82, 2.24) is 0 Å². The lowest BCUT2D eigenvalue weighted by Gasteiger charge is -2.23. The molecule has 0 amide bonds. The van der Waals surface area contributed by atoms with E-state index in [1.165, 1.54) is 49.6 Å². The van der Waals surface area contributed by atoms with E-state index in [0.29, 0.717) is 11.1 Å². The van der Waals surface area contributed by atoms with Crippen LogP contribution in [0.2, 0.25) is 0 Å². The minimum Gasteiger partial charge on any atom is -0.507 e. The average molecular weight is 431 g/mol. The van der Waals surface area contributed by atoms with Crippen LogP contribution in [0.1, 0.15) is 0 Å². The van der Waals surface area contributed by atoms with Crippen LogP contribution in [0.3, 0.4) is 0 Å². The highest BCUT2D eigenvalue weighted by Crippen LogP contribution is 2.34. The van der Waals surface area contributed by atoms with Crippen molar-refractivity contribution in [3.63, 3.8) is 0 Å². The normalized spacial score (nSPS) is 14.0. The number of nitrogens with zero attached hydrogens (tertiary/aromatic N) is 1. The number of carbonyl (C=O) groups excluding carboxylic acids is 2. The van der Waals surface area contributed by atoms with Gasteiger partial charge in [-0.15, -0.1) is 0 Å². The number of carbonyl (C=O) groups is 2. The number of phenols is 1. The Balaban J connectivity index is 2.23. The number of aromatic hydroxyl groups is 1. The van der Waals surface area contributed by atoms with Crippen molar-refractivity contribution >= 4 is 38.5 Å². The smallest absolute Gasteiger partial charge is 0.355 e. The van der Waals surface area contributed by atoms with Gasteiger partial charge in [-0.05, 0) is 35.7 Å². The molecule has 3 rings (SSSR count). The molecule has 10 heteroatoms. The lowest BCUT2D eigenvalue weighted by Crippen LogP contribution is -2.26. The number of fused-ring (bicyclic) bond motifs is 1. The second-order valence-electron chi connectivity index (χ2n) is 6.14. The van der Waals surface area contributed by atoms with Crippen LogP contribution in [0.5, 0.6) is 5.75 Å². The zero-order valence-corrected chi connectivity index (χ0v) is 16.7. The van der Waals surface area contributed by atoms with E-state index in [4.69, 9.17) is 9.47 Å². The first-order valence-corrected chi connectivity index (χ1v) is 9.90. The van der Waals surface area contributed by atoms with Crippen LogP contribution in [-0.4, -0.2) is 44.2 Å². The molecular weight excluding hydrogens is 414 g/mol. The lowest BCUT2D eigenvalue weighted by molar-refractivity contribution is -0.139. The van der Waals surface area contributed by atoms with Crippen LogP contribution in [0, 0.1) is 0 Å². The van der Waals surface area contributed by atoms with E-state index in [-0.39, 0.29) is 16.7 Å². The summed E-state index contributed by atoms with van der Waals surface area (Å²) in [6, 6.07) is 6.65. The number of methoxy groups -OCH3 is 2. The Morgan fingerprint density at radius 2 is 1.70 bits per heavy atom. The summed E-state index contributed by atoms with van der Waals surface area (Å²) in [7, 11) is -2.15. The molecule has 0 aromatic heterocycles. The SMILES string of the molecule is COC(=O)C1=C(C(=O)OC)N(c2ccc3cc(S(=O)(=O)O)cc(O)c3c2)C=CC=C1. The van der Waals surface area contributed by atoms with Crippen molar-refractivity contribution < 1.29 is 37.1 Å². The summed E-state index contributed by atoms with van der Waals surface area (Å²) in [5, 5.41) is 10.9. The van der Waals surface area contributed by atoms with Gasteiger partial charge in [-0.3, -0.25) is 4.55 Å². The van der Waals surface area contributed by atoms with Gasteiger partial charge in [0.2, 0.25) is 0 Å². The van der Waals surface area contributed by atoms with Crippen LogP contribution in [0.25, 0.3) is 10.8 Å². The van der Waals surface area contributed by atoms with Crippen molar-refractivity contribution in [2.45, 2.75) is 4.90 Å². The standard InChI is InChI=1S/C20H17NO8S/c1-28-19(23)15-5-3-4-8-21(18(15)20(24)29-2)13-7-6-12-9-14(30(25,26)27)11-17(22)16(12)10-13/h3-11,22H,1-2H3,(H,25,26,27). The predicted octanol–water partition coefficient (Wildman–Crippen LogP) is 2.28. The van der Waals surface area contributed by atoms with E-state index >= 15 is 0 Å². The highest BCUT2D eigenvalue weighted by molar-refractivity contribution is 7.85. The number of benzene rings is 2. The van der Waals surface area contributed by atoms with E-state index in [2.05, 4.69) is 0 Å². The predicted molar refractivity (Wildman–Crippen MR) is 107 cm³/mol. The average Bonchev–Trinajstić information content (AvgIpc) is 2.94. The fraction of sp³-hybridized carbons (Fsp3) is 0.100. The number of allylic oxidation sites excluding steroid dienone is 2. The Morgan fingerprint density at radius 3 is 2.33 bits per heavy atom. The second-order valence-corrected chi connectivity index (χ2v) is 7.56. The zero-order chi connectivity index (χ0) is 22.1. The molecular formula is C20H17NO8S. The minimum absolute atomic E-state index is 0.0413. The Morgan fingerprint density at radius 1 is 1.00 bits per heavy atom. The molecule has 0 atom stereocenters. The second kappa shape index (κ2) is 8.01. The molecule has 9 nitrogen and oxygen atoms in total. The van der Waals surface area contributed by atoms with Gasteiger partial charge in [0.15, 0.2) is 0 Å². The van der Waals surface area contributed by atoms with Crippen LogP contribution in [0.4, 0.5) is 5.69 Å². The molecule has 1 heterocycles. The molecule has 2 aromatic carbocycles. The summed E-state index contributed by atoms with van der Waals surface area (Å²) >= 11 is 0. The van der Waals surface area contributed by atoms with Crippen molar-refractivity contribution in [2.75, 3.05) is 19.1 Å². The molecule has 1 aliphatic heterocycles. The fourth-order valence-corrected chi connectivity index (χ4v) is 3.50. The number of hydrogen-bond donors (Lipinski definition) is 2. The van der Waals surface area contributed by atoms with Crippen molar-refractivity contribution in [3.05, 3.63) is 66.0 Å². The maximum absolute atomic E-state index is 12.5. The Hall–Kier alpha value is -3.63. The number of phenolic OH excluding ortho intramolecular Hbond substituents is 1. The first-order valence-electron chi connectivity index (χ1n) is 8.46. The number of esters is 2. The van der Waals surface area contributed by atoms with Gasteiger partial charge >= 0.3 is 11.9 Å². The number of hydrogen-bond acceptors (Lipinski definition) is 8. The minimum atomic E-state index is -4.51. The third-order valence-electron chi connectivity index (χ3n) is 4.35. The van der Waals surface area contributed by atoms with Gasteiger partial charge in [-0.2, -0.15) is 8.42 Å². The van der Waals surface area contributed by atoms with Gasteiger partial charge in [-0.25, -0.2) is 9.59 Å². The quantitative estimate of drug-likeness (QED) is 0.553. The van der Waals surface area contributed by atoms with Gasteiger partial charge in [0, 0.05) is 23.3 Å². The topological polar surface area (TPSA) is 130 Å². The summed E-state index contributed by atoms with van der Waals surface area (Å²) in [5.74, 6) is -1.94. The molecule has 0 radical (unpaired) electrons. The van der Waals surface area contributed by atoms with Gasteiger partial charge in [0.1, 0.15) is 11.4 Å².